The summed E-state index contributed by atoms with van der Waals surface area (Å²) in [6.45, 7) is 0.503. The van der Waals surface area contributed by atoms with Gasteiger partial charge in [0.05, 0.1) is 5.56 Å². The van der Waals surface area contributed by atoms with Crippen LogP contribution in [0.15, 0.2) is 53.0 Å². The molecule has 0 radical (unpaired) electrons. The molecule has 1 atom stereocenters. The van der Waals surface area contributed by atoms with Gasteiger partial charge < -0.3 is 14.7 Å². The molecule has 0 spiro atoms. The van der Waals surface area contributed by atoms with Gasteiger partial charge in [-0.3, -0.25) is 4.79 Å². The summed E-state index contributed by atoms with van der Waals surface area (Å²) in [4.78, 5) is 25.1. The first-order chi connectivity index (χ1) is 11.0. The van der Waals surface area contributed by atoms with E-state index in [9.17, 15) is 9.59 Å². The lowest BCUT2D eigenvalue weighted by Crippen LogP contribution is -2.32. The molecular weight excluding hydrogens is 362 g/mol. The summed E-state index contributed by atoms with van der Waals surface area (Å²) in [6, 6.07) is 13.7. The fourth-order valence-corrected chi connectivity index (χ4v) is 2.77. The first-order valence-corrected chi connectivity index (χ1v) is 7.91. The maximum atomic E-state index is 12.5. The third kappa shape index (κ3) is 3.37. The van der Waals surface area contributed by atoms with Gasteiger partial charge in [-0.15, -0.1) is 0 Å². The Hall–Kier alpha value is -2.34. The second kappa shape index (κ2) is 6.42. The van der Waals surface area contributed by atoms with Crippen LogP contribution in [-0.4, -0.2) is 29.6 Å². The molecule has 1 heterocycles. The number of carboxylic acids is 1. The van der Waals surface area contributed by atoms with E-state index in [-0.39, 0.29) is 11.5 Å². The van der Waals surface area contributed by atoms with Gasteiger partial charge in [-0.1, -0.05) is 22.0 Å². The zero-order chi connectivity index (χ0) is 16.4. The van der Waals surface area contributed by atoms with Crippen LogP contribution in [0.3, 0.4) is 0 Å². The van der Waals surface area contributed by atoms with E-state index in [4.69, 9.17) is 9.84 Å². The number of aromatic carboxylic acids is 1. The smallest absolute Gasteiger partial charge is 0.335 e. The Morgan fingerprint density at radius 3 is 2.65 bits per heavy atom. The van der Waals surface area contributed by atoms with Crippen LogP contribution in [-0.2, 0) is 4.79 Å². The van der Waals surface area contributed by atoms with Gasteiger partial charge in [0, 0.05) is 23.1 Å². The molecule has 1 fully saturated rings. The van der Waals surface area contributed by atoms with E-state index >= 15 is 0 Å². The predicted octanol–water partition coefficient (Wildman–Crippen LogP) is 3.33. The highest BCUT2D eigenvalue weighted by atomic mass is 79.9. The molecule has 6 heteroatoms. The van der Waals surface area contributed by atoms with Gasteiger partial charge in [-0.05, 0) is 42.5 Å². The Balaban J connectivity index is 1.75. The minimum atomic E-state index is -1.01. The van der Waals surface area contributed by atoms with Crippen molar-refractivity contribution in [3.63, 3.8) is 0 Å². The summed E-state index contributed by atoms with van der Waals surface area (Å²) in [6.07, 6.45) is 0.0105. The minimum absolute atomic E-state index is 0.157. The average molecular weight is 376 g/mol. The number of carboxylic acid groups (broad SMARTS) is 1. The van der Waals surface area contributed by atoms with Crippen LogP contribution in [0, 0.1) is 0 Å². The lowest BCUT2D eigenvalue weighted by Gasteiger charge is -2.17. The molecule has 2 aromatic rings. The van der Waals surface area contributed by atoms with Gasteiger partial charge in [-0.2, -0.15) is 0 Å². The molecule has 23 heavy (non-hydrogen) atoms. The van der Waals surface area contributed by atoms with Gasteiger partial charge in [0.25, 0.3) is 5.91 Å². The van der Waals surface area contributed by atoms with E-state index in [1.54, 1.807) is 29.2 Å². The summed E-state index contributed by atoms with van der Waals surface area (Å²) in [5.41, 5.74) is 0.740. The number of halogens is 1. The van der Waals surface area contributed by atoms with Gasteiger partial charge in [0.15, 0.2) is 6.10 Å². The molecule has 3 rings (SSSR count). The molecule has 0 unspecified atom stereocenters. The highest BCUT2D eigenvalue weighted by Gasteiger charge is 2.34. The Morgan fingerprint density at radius 2 is 1.96 bits per heavy atom. The Bertz CT molecular complexity index is 745. The quantitative estimate of drug-likeness (QED) is 0.889. The molecule has 1 aliphatic rings. The molecule has 1 aliphatic heterocycles. The van der Waals surface area contributed by atoms with Crippen molar-refractivity contribution in [3.8, 4) is 5.75 Å². The van der Waals surface area contributed by atoms with Crippen molar-refractivity contribution in [2.24, 2.45) is 0 Å². The summed E-state index contributed by atoms with van der Waals surface area (Å²) < 4.78 is 6.68. The molecule has 0 aromatic heterocycles. The normalized spacial score (nSPS) is 17.3. The van der Waals surface area contributed by atoms with Crippen molar-refractivity contribution in [1.82, 2.24) is 0 Å². The highest BCUT2D eigenvalue weighted by Crippen LogP contribution is 2.26. The zero-order valence-corrected chi connectivity index (χ0v) is 13.7. The number of benzene rings is 2. The number of carbonyl (C=O) groups is 2. The molecule has 2 aromatic carbocycles. The number of nitrogens with zero attached hydrogens (tertiary/aromatic N) is 1. The maximum Gasteiger partial charge on any atom is 0.335 e. The van der Waals surface area contributed by atoms with Gasteiger partial charge in [-0.25, -0.2) is 4.79 Å². The van der Waals surface area contributed by atoms with Crippen molar-refractivity contribution in [1.29, 1.82) is 0 Å². The molecule has 0 saturated carbocycles. The molecule has 118 valence electrons. The number of rotatable bonds is 4. The van der Waals surface area contributed by atoms with E-state index in [1.807, 2.05) is 12.1 Å². The van der Waals surface area contributed by atoms with Crippen molar-refractivity contribution in [2.75, 3.05) is 11.4 Å². The van der Waals surface area contributed by atoms with E-state index in [0.717, 1.165) is 4.47 Å². The molecule has 0 aliphatic carbocycles. The first kappa shape index (κ1) is 15.6. The summed E-state index contributed by atoms with van der Waals surface area (Å²) in [5.74, 6) is -0.538. The van der Waals surface area contributed by atoms with Gasteiger partial charge in [0.2, 0.25) is 0 Å². The molecule has 1 saturated heterocycles. The Labute approximate surface area is 141 Å². The number of hydrogen-bond acceptors (Lipinski definition) is 3. The van der Waals surface area contributed by atoms with Crippen molar-refractivity contribution >= 4 is 33.5 Å². The monoisotopic (exact) mass is 375 g/mol. The maximum absolute atomic E-state index is 12.5. The van der Waals surface area contributed by atoms with Crippen LogP contribution in [0.2, 0.25) is 0 Å². The number of anilines is 1. The second-order valence-electron chi connectivity index (χ2n) is 5.19. The van der Waals surface area contributed by atoms with E-state index < -0.39 is 12.1 Å². The van der Waals surface area contributed by atoms with Crippen LogP contribution < -0.4 is 9.64 Å². The number of ether oxygens (including phenoxy) is 1. The lowest BCUT2D eigenvalue weighted by molar-refractivity contribution is -0.122. The van der Waals surface area contributed by atoms with E-state index in [0.29, 0.717) is 24.4 Å². The fourth-order valence-electron chi connectivity index (χ4n) is 2.50. The Kier molecular flexibility index (Phi) is 4.34. The van der Waals surface area contributed by atoms with Crippen LogP contribution >= 0.6 is 15.9 Å². The number of carbonyl (C=O) groups excluding carboxylic acids is 1. The summed E-state index contributed by atoms with van der Waals surface area (Å²) in [5, 5.41) is 9.06. The highest BCUT2D eigenvalue weighted by molar-refractivity contribution is 9.10. The number of amides is 1. The van der Waals surface area contributed by atoms with Crippen LogP contribution in [0.5, 0.6) is 5.75 Å². The predicted molar refractivity (Wildman–Crippen MR) is 88.9 cm³/mol. The standard InChI is InChI=1S/C17H14BrNO4/c18-12-4-6-14(7-5-12)23-15-8-9-19(16(15)20)13-3-1-2-11(10-13)17(21)22/h1-7,10,15H,8-9H2,(H,21,22)/t15-/m1/s1. The largest absolute Gasteiger partial charge is 0.481 e. The van der Waals surface area contributed by atoms with Crippen molar-refractivity contribution in [3.05, 3.63) is 58.6 Å². The van der Waals surface area contributed by atoms with E-state index in [2.05, 4.69) is 15.9 Å². The van der Waals surface area contributed by atoms with Crippen molar-refractivity contribution < 1.29 is 19.4 Å². The molecular formula is C17H14BrNO4. The summed E-state index contributed by atoms with van der Waals surface area (Å²) >= 11 is 3.35. The van der Waals surface area contributed by atoms with Crippen LogP contribution in [0.4, 0.5) is 5.69 Å². The third-order valence-corrected chi connectivity index (χ3v) is 4.18. The SMILES string of the molecule is O=C(O)c1cccc(N2CC[C@@H](Oc3ccc(Br)cc3)C2=O)c1. The second-order valence-corrected chi connectivity index (χ2v) is 6.11. The molecule has 0 bridgehead atoms. The van der Waals surface area contributed by atoms with Crippen LogP contribution in [0.1, 0.15) is 16.8 Å². The fraction of sp³-hybridized carbons (Fsp3) is 0.176. The van der Waals surface area contributed by atoms with Gasteiger partial charge in [0.1, 0.15) is 5.75 Å². The first-order valence-electron chi connectivity index (χ1n) is 7.11. The van der Waals surface area contributed by atoms with E-state index in [1.165, 1.54) is 12.1 Å². The molecule has 5 nitrogen and oxygen atoms in total. The topological polar surface area (TPSA) is 66.8 Å². The zero-order valence-electron chi connectivity index (χ0n) is 12.1. The Morgan fingerprint density at radius 1 is 1.22 bits per heavy atom. The van der Waals surface area contributed by atoms with Gasteiger partial charge >= 0.3 is 5.97 Å². The molecule has 1 amide bonds. The van der Waals surface area contributed by atoms with Crippen molar-refractivity contribution in [2.45, 2.75) is 12.5 Å². The average Bonchev–Trinajstić information content (AvgIpc) is 2.91. The third-order valence-electron chi connectivity index (χ3n) is 3.65. The number of hydrogen-bond donors (Lipinski definition) is 1. The molecule has 1 N–H and O–H groups in total. The minimum Gasteiger partial charge on any atom is -0.481 e. The summed E-state index contributed by atoms with van der Waals surface area (Å²) in [7, 11) is 0. The van der Waals surface area contributed by atoms with Crippen LogP contribution in [0.25, 0.3) is 0 Å². The lowest BCUT2D eigenvalue weighted by atomic mass is 10.2.